The van der Waals surface area contributed by atoms with Crippen molar-refractivity contribution < 1.29 is 34.1 Å². The van der Waals surface area contributed by atoms with Crippen LogP contribution in [0.25, 0.3) is 0 Å². The number of nitrogens with one attached hydrogen (secondary N) is 2. The molecule has 272 valence electrons. The lowest BCUT2D eigenvalue weighted by Crippen LogP contribution is -2.57. The van der Waals surface area contributed by atoms with Crippen molar-refractivity contribution in [3.05, 3.63) is 101 Å². The minimum atomic E-state index is -0.781. The molecule has 3 atom stereocenters. The van der Waals surface area contributed by atoms with Gasteiger partial charge in [0, 0.05) is 56.7 Å². The summed E-state index contributed by atoms with van der Waals surface area (Å²) in [7, 11) is 0. The second-order valence-electron chi connectivity index (χ2n) is 13.9. The summed E-state index contributed by atoms with van der Waals surface area (Å²) < 4.78 is 13.2. The fraction of sp³-hybridized carbons (Fsp3) is 0.475. The predicted molar refractivity (Wildman–Crippen MR) is 192 cm³/mol. The Morgan fingerprint density at radius 2 is 1.51 bits per heavy atom. The number of benzene rings is 3. The number of carboxylic acids is 1. The molecule has 11 heteroatoms. The molecule has 3 saturated heterocycles. The van der Waals surface area contributed by atoms with E-state index in [4.69, 9.17) is 14.6 Å². The maximum Gasteiger partial charge on any atom is 0.303 e. The molecule has 0 aliphatic carbocycles. The third-order valence-corrected chi connectivity index (χ3v) is 10.5. The fourth-order valence-corrected chi connectivity index (χ4v) is 7.46. The summed E-state index contributed by atoms with van der Waals surface area (Å²) in [6.45, 7) is 3.21. The summed E-state index contributed by atoms with van der Waals surface area (Å²) in [5.41, 5.74) is 4.26. The van der Waals surface area contributed by atoms with Gasteiger partial charge in [0.1, 0.15) is 5.54 Å². The summed E-state index contributed by atoms with van der Waals surface area (Å²) in [6, 6.07) is 26.0. The molecule has 0 saturated carbocycles. The zero-order valence-electron chi connectivity index (χ0n) is 29.2. The van der Waals surface area contributed by atoms with E-state index in [9.17, 15) is 19.5 Å². The number of aliphatic hydroxyl groups is 1. The highest BCUT2D eigenvalue weighted by Gasteiger charge is 2.50. The summed E-state index contributed by atoms with van der Waals surface area (Å²) >= 11 is 0. The molecule has 0 unspecified atom stereocenters. The number of carbonyl (C=O) groups excluding carboxylic acids is 2. The van der Waals surface area contributed by atoms with Crippen LogP contribution in [-0.2, 0) is 37.0 Å². The lowest BCUT2D eigenvalue weighted by molar-refractivity contribution is -0.253. The van der Waals surface area contributed by atoms with Gasteiger partial charge in [0.05, 0.1) is 25.5 Å². The van der Waals surface area contributed by atoms with E-state index < -0.39 is 17.8 Å². The van der Waals surface area contributed by atoms with Crippen LogP contribution in [0.3, 0.4) is 0 Å². The number of likely N-dealkylation sites (tertiary alicyclic amines) is 1. The third kappa shape index (κ3) is 9.34. The fourth-order valence-electron chi connectivity index (χ4n) is 7.46. The Kier molecular flexibility index (Phi) is 12.4. The number of amides is 2. The van der Waals surface area contributed by atoms with Gasteiger partial charge < -0.3 is 40.1 Å². The number of aliphatic hydroxyl groups excluding tert-OH is 1. The first-order chi connectivity index (χ1) is 24.8. The normalized spacial score (nSPS) is 21.8. The maximum atomic E-state index is 13.2. The molecule has 3 aromatic carbocycles. The first kappa shape index (κ1) is 36.5. The highest BCUT2D eigenvalue weighted by molar-refractivity contribution is 5.93. The van der Waals surface area contributed by atoms with E-state index in [1.54, 1.807) is 0 Å². The Bertz CT molecular complexity index is 1590. The van der Waals surface area contributed by atoms with E-state index in [0.29, 0.717) is 32.5 Å². The Hall–Kier alpha value is -4.29. The molecule has 0 bridgehead atoms. The Morgan fingerprint density at radius 1 is 0.843 bits per heavy atom. The van der Waals surface area contributed by atoms with Crippen molar-refractivity contribution in [3.8, 4) is 0 Å². The molecule has 3 aromatic rings. The van der Waals surface area contributed by atoms with Gasteiger partial charge in [-0.25, -0.2) is 0 Å². The van der Waals surface area contributed by atoms with E-state index in [1.165, 1.54) is 0 Å². The number of para-hydroxylation sites is 1. The molecule has 6 rings (SSSR count). The van der Waals surface area contributed by atoms with Gasteiger partial charge in [0.2, 0.25) is 11.8 Å². The number of aliphatic carboxylic acids is 1. The Labute approximate surface area is 299 Å². The molecule has 2 amide bonds. The van der Waals surface area contributed by atoms with Gasteiger partial charge in [0.25, 0.3) is 0 Å². The molecule has 1 spiro atoms. The number of anilines is 1. The van der Waals surface area contributed by atoms with E-state index >= 15 is 0 Å². The van der Waals surface area contributed by atoms with Crippen LogP contribution in [0, 0.1) is 0 Å². The summed E-state index contributed by atoms with van der Waals surface area (Å²) in [5, 5.41) is 24.4. The van der Waals surface area contributed by atoms with E-state index in [2.05, 4.69) is 32.6 Å². The molecular weight excluding hydrogens is 648 g/mol. The van der Waals surface area contributed by atoms with Gasteiger partial charge in [-0.3, -0.25) is 14.4 Å². The standard InChI is InChI=1S/C40H50N4O7/c45-27-30-14-16-31(17-15-30)35-24-34(26-43-22-20-40(21-23-43)39(49)42-28-44(40)33-8-4-3-5-9-33)50-38(51-35)32-18-12-29(13-19-32)25-41-36(46)10-6-1-2-7-11-37(47)48/h3-5,8-9,12-19,34-35,38,45H,1-2,6-7,10-11,20-28H2,(H,41,46)(H,42,49)(H,47,48)/t34-,35+,38+/m1/s1. The van der Waals surface area contributed by atoms with E-state index in [1.807, 2.05) is 66.7 Å². The SMILES string of the molecule is O=C(O)CCCCCCC(=O)NCc1ccc([C@H]2O[C@@H](CN3CCC4(CC3)C(=O)NCN4c3ccccc3)C[C@@H](c3ccc(CO)cc3)O2)cc1. The average Bonchev–Trinajstić information content (AvgIpc) is 3.47. The number of hydrogen-bond donors (Lipinski definition) is 4. The first-order valence-electron chi connectivity index (χ1n) is 18.2. The molecule has 51 heavy (non-hydrogen) atoms. The van der Waals surface area contributed by atoms with E-state index in [0.717, 1.165) is 79.7 Å². The predicted octanol–water partition coefficient (Wildman–Crippen LogP) is 5.19. The molecule has 3 aliphatic rings. The number of rotatable bonds is 15. The number of unbranched alkanes of at least 4 members (excludes halogenated alkanes) is 3. The van der Waals surface area contributed by atoms with Crippen LogP contribution in [-0.4, -0.2) is 70.8 Å². The molecular formula is C40H50N4O7. The minimum Gasteiger partial charge on any atom is -0.481 e. The third-order valence-electron chi connectivity index (χ3n) is 10.5. The highest BCUT2D eigenvalue weighted by Crippen LogP contribution is 2.40. The molecule has 3 aliphatic heterocycles. The quantitative estimate of drug-likeness (QED) is 0.158. The van der Waals surface area contributed by atoms with Crippen molar-refractivity contribution in [2.24, 2.45) is 0 Å². The zero-order chi connectivity index (χ0) is 35.6. The molecule has 3 fully saturated rings. The lowest BCUT2D eigenvalue weighted by atomic mass is 9.85. The van der Waals surface area contributed by atoms with Crippen LogP contribution in [0.1, 0.15) is 92.4 Å². The first-order valence-corrected chi connectivity index (χ1v) is 18.2. The van der Waals surface area contributed by atoms with Crippen LogP contribution in [0.15, 0.2) is 78.9 Å². The average molecular weight is 699 g/mol. The van der Waals surface area contributed by atoms with Gasteiger partial charge in [-0.2, -0.15) is 0 Å². The largest absolute Gasteiger partial charge is 0.481 e. The Morgan fingerprint density at radius 3 is 2.20 bits per heavy atom. The van der Waals surface area contributed by atoms with E-state index in [-0.39, 0.29) is 37.0 Å². The number of piperidine rings is 1. The van der Waals surface area contributed by atoms with Gasteiger partial charge >= 0.3 is 5.97 Å². The second kappa shape index (κ2) is 17.3. The monoisotopic (exact) mass is 698 g/mol. The minimum absolute atomic E-state index is 0.0147. The molecule has 4 N–H and O–H groups in total. The van der Waals surface area contributed by atoms with Crippen LogP contribution >= 0.6 is 0 Å². The number of nitrogens with zero attached hydrogens (tertiary/aromatic N) is 2. The van der Waals surface area contributed by atoms with Gasteiger partial charge in [-0.15, -0.1) is 0 Å². The van der Waals surface area contributed by atoms with Crippen molar-refractivity contribution in [3.63, 3.8) is 0 Å². The topological polar surface area (TPSA) is 141 Å². The van der Waals surface area contributed by atoms with Crippen molar-refractivity contribution in [1.29, 1.82) is 0 Å². The zero-order valence-corrected chi connectivity index (χ0v) is 29.2. The molecule has 11 nitrogen and oxygen atoms in total. The second-order valence-corrected chi connectivity index (χ2v) is 13.9. The number of carboxylic acid groups (broad SMARTS) is 1. The van der Waals surface area contributed by atoms with Crippen LogP contribution in [0.5, 0.6) is 0 Å². The number of carbonyl (C=O) groups is 3. The van der Waals surface area contributed by atoms with Crippen LogP contribution in [0.4, 0.5) is 5.69 Å². The Balaban J connectivity index is 1.06. The molecule has 3 heterocycles. The summed E-state index contributed by atoms with van der Waals surface area (Å²) in [4.78, 5) is 40.8. The van der Waals surface area contributed by atoms with Gasteiger partial charge in [0.15, 0.2) is 6.29 Å². The van der Waals surface area contributed by atoms with Crippen molar-refractivity contribution >= 4 is 23.5 Å². The van der Waals surface area contributed by atoms with Crippen molar-refractivity contribution in [1.82, 2.24) is 15.5 Å². The van der Waals surface area contributed by atoms with Gasteiger partial charge in [-0.1, -0.05) is 79.6 Å². The maximum absolute atomic E-state index is 13.2. The summed E-state index contributed by atoms with van der Waals surface area (Å²) in [5.74, 6) is -0.691. The van der Waals surface area contributed by atoms with Gasteiger partial charge in [-0.05, 0) is 54.5 Å². The number of hydrogen-bond acceptors (Lipinski definition) is 8. The molecule has 0 radical (unpaired) electrons. The van der Waals surface area contributed by atoms with Crippen LogP contribution < -0.4 is 15.5 Å². The van der Waals surface area contributed by atoms with Crippen LogP contribution in [0.2, 0.25) is 0 Å². The lowest BCUT2D eigenvalue weighted by Gasteiger charge is -2.45. The summed E-state index contributed by atoms with van der Waals surface area (Å²) in [6.07, 6.45) is 4.89. The highest BCUT2D eigenvalue weighted by atomic mass is 16.7. The molecule has 0 aromatic heterocycles. The van der Waals surface area contributed by atoms with Crippen molar-refractivity contribution in [2.45, 2.75) is 95.0 Å². The smallest absolute Gasteiger partial charge is 0.303 e. The number of ether oxygens (including phenoxy) is 2. The van der Waals surface area contributed by atoms with Crippen molar-refractivity contribution in [2.75, 3.05) is 31.2 Å².